The molecule has 0 aliphatic heterocycles. The van der Waals surface area contributed by atoms with Crippen molar-refractivity contribution in [3.8, 4) is 34.1 Å². The molecule has 3 N–H and O–H groups in total. The van der Waals surface area contributed by atoms with Gasteiger partial charge in [-0.25, -0.2) is 24.3 Å². The van der Waals surface area contributed by atoms with Gasteiger partial charge in [0.05, 0.1) is 17.6 Å². The van der Waals surface area contributed by atoms with Crippen molar-refractivity contribution in [3.05, 3.63) is 96.0 Å². The lowest BCUT2D eigenvalue weighted by molar-refractivity contribution is -0.113. The van der Waals surface area contributed by atoms with Crippen molar-refractivity contribution < 1.29 is 13.9 Å². The Kier molecular flexibility index (Phi) is 7.27. The lowest BCUT2D eigenvalue weighted by Gasteiger charge is -2.14. The Bertz CT molecular complexity index is 1750. The first kappa shape index (κ1) is 26.2. The average Bonchev–Trinajstić information content (AvgIpc) is 3.33. The van der Waals surface area contributed by atoms with Crippen LogP contribution in [0.4, 0.5) is 16.0 Å². The minimum atomic E-state index is -0.588. The second kappa shape index (κ2) is 11.1. The summed E-state index contributed by atoms with van der Waals surface area (Å²) in [6.07, 6.45) is 9.59. The van der Waals surface area contributed by atoms with Crippen LogP contribution in [0.1, 0.15) is 16.8 Å². The predicted octanol–water partition coefficient (Wildman–Crippen LogP) is 5.12. The molecule has 200 valence electrons. The number of nitrogens with two attached hydrogens (primary N) is 1. The van der Waals surface area contributed by atoms with Gasteiger partial charge >= 0.3 is 6.01 Å². The second-order valence-corrected chi connectivity index (χ2v) is 9.02. The number of amides is 1. The van der Waals surface area contributed by atoms with Crippen LogP contribution in [0.3, 0.4) is 0 Å². The third-order valence-corrected chi connectivity index (χ3v) is 5.91. The van der Waals surface area contributed by atoms with Gasteiger partial charge < -0.3 is 15.8 Å². The molecule has 2 aromatic carbocycles. The highest BCUT2D eigenvalue weighted by Crippen LogP contribution is 2.35. The van der Waals surface area contributed by atoms with Crippen molar-refractivity contribution in [2.24, 2.45) is 12.8 Å². The molecule has 11 heteroatoms. The molecule has 3 heterocycles. The van der Waals surface area contributed by atoms with E-state index >= 15 is 4.39 Å². The standard InChI is InChI=1S/C29H25FN8O2/c1-17-12-19(5-9-26(31)39)4-7-22(17)27-23(15-33-28(37-27)36-21-14-34-38(3)16-21)20-6-8-25(24(30)13-20)40-29-32-11-10-18(2)35-29/h4-16H,1-3H3,(H2,31,39)(H,33,36,37). The number of anilines is 2. The van der Waals surface area contributed by atoms with Crippen LogP contribution >= 0.6 is 0 Å². The quantitative estimate of drug-likeness (QED) is 0.261. The van der Waals surface area contributed by atoms with Gasteiger partial charge in [0, 0.05) is 48.5 Å². The van der Waals surface area contributed by atoms with E-state index < -0.39 is 11.7 Å². The van der Waals surface area contributed by atoms with Crippen LogP contribution in [-0.2, 0) is 11.8 Å². The second-order valence-electron chi connectivity index (χ2n) is 9.02. The van der Waals surface area contributed by atoms with Crippen molar-refractivity contribution in [2.45, 2.75) is 13.8 Å². The number of ether oxygens (including phenoxy) is 1. The van der Waals surface area contributed by atoms with E-state index in [1.807, 2.05) is 32.2 Å². The Morgan fingerprint density at radius 2 is 1.90 bits per heavy atom. The molecule has 10 nitrogen and oxygen atoms in total. The Balaban J connectivity index is 1.55. The van der Waals surface area contributed by atoms with Crippen molar-refractivity contribution in [2.75, 3.05) is 5.32 Å². The van der Waals surface area contributed by atoms with Crippen LogP contribution in [0.5, 0.6) is 11.8 Å². The number of aryl methyl sites for hydroxylation is 3. The number of carbonyl (C=O) groups is 1. The first-order chi connectivity index (χ1) is 19.2. The monoisotopic (exact) mass is 536 g/mol. The topological polar surface area (TPSA) is 134 Å². The van der Waals surface area contributed by atoms with E-state index in [0.29, 0.717) is 28.5 Å². The Hall–Kier alpha value is -5.45. The minimum absolute atomic E-state index is 0.00606. The van der Waals surface area contributed by atoms with E-state index in [4.69, 9.17) is 15.5 Å². The molecule has 0 spiro atoms. The fourth-order valence-corrected chi connectivity index (χ4v) is 4.03. The van der Waals surface area contributed by atoms with E-state index in [1.54, 1.807) is 54.6 Å². The van der Waals surface area contributed by atoms with E-state index in [0.717, 1.165) is 22.4 Å². The molecule has 0 atom stereocenters. The van der Waals surface area contributed by atoms with E-state index in [-0.39, 0.29) is 11.8 Å². The number of primary amides is 1. The maximum atomic E-state index is 15.2. The van der Waals surface area contributed by atoms with Gasteiger partial charge in [0.25, 0.3) is 0 Å². The number of benzene rings is 2. The molecule has 5 aromatic rings. The zero-order valence-corrected chi connectivity index (χ0v) is 22.0. The highest BCUT2D eigenvalue weighted by atomic mass is 19.1. The number of carbonyl (C=O) groups excluding carboxylic acids is 1. The van der Waals surface area contributed by atoms with Crippen molar-refractivity contribution in [1.29, 1.82) is 0 Å². The first-order valence-corrected chi connectivity index (χ1v) is 12.2. The minimum Gasteiger partial charge on any atom is -0.421 e. The molecule has 3 aromatic heterocycles. The van der Waals surface area contributed by atoms with Gasteiger partial charge in [-0.3, -0.25) is 9.48 Å². The van der Waals surface area contributed by atoms with E-state index in [1.165, 1.54) is 18.2 Å². The molecule has 1 amide bonds. The molecule has 0 aliphatic carbocycles. The number of aromatic nitrogens is 6. The van der Waals surface area contributed by atoms with Gasteiger partial charge in [-0.05, 0) is 54.8 Å². The molecule has 0 saturated carbocycles. The molecular weight excluding hydrogens is 511 g/mol. The van der Waals surface area contributed by atoms with Gasteiger partial charge in [-0.15, -0.1) is 0 Å². The van der Waals surface area contributed by atoms with Crippen LogP contribution in [0, 0.1) is 19.7 Å². The summed E-state index contributed by atoms with van der Waals surface area (Å²) < 4.78 is 22.4. The fraction of sp³-hybridized carbons (Fsp3) is 0.103. The Labute approximate surface area is 229 Å². The summed E-state index contributed by atoms with van der Waals surface area (Å²) in [7, 11) is 1.81. The summed E-state index contributed by atoms with van der Waals surface area (Å²) >= 11 is 0. The zero-order valence-electron chi connectivity index (χ0n) is 22.0. The number of hydrogen-bond donors (Lipinski definition) is 2. The zero-order chi connectivity index (χ0) is 28.2. The van der Waals surface area contributed by atoms with Crippen LogP contribution in [-0.4, -0.2) is 35.6 Å². The molecule has 0 aliphatic rings. The van der Waals surface area contributed by atoms with Crippen LogP contribution < -0.4 is 15.8 Å². The fourth-order valence-electron chi connectivity index (χ4n) is 4.03. The first-order valence-electron chi connectivity index (χ1n) is 12.2. The van der Waals surface area contributed by atoms with Gasteiger partial charge in [0.1, 0.15) is 0 Å². The van der Waals surface area contributed by atoms with Crippen molar-refractivity contribution in [3.63, 3.8) is 0 Å². The molecule has 0 fully saturated rings. The van der Waals surface area contributed by atoms with Crippen LogP contribution in [0.2, 0.25) is 0 Å². The summed E-state index contributed by atoms with van der Waals surface area (Å²) in [5.74, 6) is -0.779. The predicted molar refractivity (Wildman–Crippen MR) is 149 cm³/mol. The van der Waals surface area contributed by atoms with Crippen molar-refractivity contribution in [1.82, 2.24) is 29.7 Å². The highest BCUT2D eigenvalue weighted by molar-refractivity contribution is 5.90. The average molecular weight is 537 g/mol. The maximum absolute atomic E-state index is 15.2. The normalized spacial score (nSPS) is 11.1. The number of halogens is 1. The largest absolute Gasteiger partial charge is 0.421 e. The summed E-state index contributed by atoms with van der Waals surface area (Å²) in [6.45, 7) is 3.72. The smallest absolute Gasteiger partial charge is 0.322 e. The SMILES string of the molecule is Cc1ccnc(Oc2ccc(-c3cnc(Nc4cnn(C)c4)nc3-c3ccc(C=CC(N)=O)cc3C)cc2F)n1. The summed E-state index contributed by atoms with van der Waals surface area (Å²) in [5, 5.41) is 7.32. The van der Waals surface area contributed by atoms with Crippen LogP contribution in [0.25, 0.3) is 28.5 Å². The summed E-state index contributed by atoms with van der Waals surface area (Å²) in [6, 6.07) is 12.0. The highest BCUT2D eigenvalue weighted by Gasteiger charge is 2.17. The maximum Gasteiger partial charge on any atom is 0.322 e. The van der Waals surface area contributed by atoms with Crippen LogP contribution in [0.15, 0.2) is 73.3 Å². The molecule has 0 bridgehead atoms. The number of rotatable bonds is 8. The van der Waals surface area contributed by atoms with Gasteiger partial charge in [-0.1, -0.05) is 24.3 Å². The molecule has 0 saturated heterocycles. The molecule has 0 unspecified atom stereocenters. The molecule has 5 rings (SSSR count). The summed E-state index contributed by atoms with van der Waals surface area (Å²) in [5.41, 5.74) is 10.9. The molecule has 40 heavy (non-hydrogen) atoms. The molecule has 0 radical (unpaired) electrons. The van der Waals surface area contributed by atoms with Crippen molar-refractivity contribution >= 4 is 23.6 Å². The van der Waals surface area contributed by atoms with E-state index in [9.17, 15) is 4.79 Å². The number of nitrogens with one attached hydrogen (secondary N) is 1. The lowest BCUT2D eigenvalue weighted by atomic mass is 9.96. The summed E-state index contributed by atoms with van der Waals surface area (Å²) in [4.78, 5) is 28.6. The van der Waals surface area contributed by atoms with Gasteiger partial charge in [0.2, 0.25) is 11.9 Å². The number of nitrogens with zero attached hydrogens (tertiary/aromatic N) is 6. The van der Waals surface area contributed by atoms with Gasteiger partial charge in [0.15, 0.2) is 11.6 Å². The molecular formula is C29H25FN8O2. The Morgan fingerprint density at radius 1 is 1.05 bits per heavy atom. The third-order valence-electron chi connectivity index (χ3n) is 5.91. The Morgan fingerprint density at radius 3 is 2.60 bits per heavy atom. The third kappa shape index (κ3) is 5.99. The van der Waals surface area contributed by atoms with Gasteiger partial charge in [-0.2, -0.15) is 5.10 Å². The van der Waals surface area contributed by atoms with E-state index in [2.05, 4.69) is 25.4 Å². The lowest BCUT2D eigenvalue weighted by Crippen LogP contribution is -2.05. The number of hydrogen-bond acceptors (Lipinski definition) is 8.